The molecule has 0 bridgehead atoms. The van der Waals surface area contributed by atoms with Crippen molar-refractivity contribution < 1.29 is 37.7 Å². The van der Waals surface area contributed by atoms with Crippen LogP contribution < -0.4 is 0 Å². The molecule has 1 heterocycles. The van der Waals surface area contributed by atoms with Crippen molar-refractivity contribution in [3.05, 3.63) is 34.9 Å². The number of carbonyl (C=O) groups is 3. The Morgan fingerprint density at radius 2 is 2.00 bits per heavy atom. The first-order valence-corrected chi connectivity index (χ1v) is 8.51. The number of morpholine rings is 1. The number of ether oxygens (including phenoxy) is 2. The van der Waals surface area contributed by atoms with E-state index < -0.39 is 51.5 Å². The second kappa shape index (κ2) is 8.54. The molecule has 1 saturated heterocycles. The summed E-state index contributed by atoms with van der Waals surface area (Å²) in [6.45, 7) is 0.749. The molecule has 1 aliphatic heterocycles. The standard InChI is InChI=1S/C16H16BrF2NO6/c1-25-16(24)20-2-3-26-9(7-20)6-10(17)14(21)13-11(18)4-8(15(22)23)5-12(13)19/h4-5,9-10H,2-3,6-7H2,1H3,(H,22,23). The van der Waals surface area contributed by atoms with Crippen molar-refractivity contribution in [2.45, 2.75) is 17.4 Å². The van der Waals surface area contributed by atoms with E-state index in [1.807, 2.05) is 0 Å². The Bertz CT molecular complexity index is 706. The van der Waals surface area contributed by atoms with Crippen molar-refractivity contribution >= 4 is 33.8 Å². The van der Waals surface area contributed by atoms with Gasteiger partial charge in [0.05, 0.1) is 42.3 Å². The zero-order valence-corrected chi connectivity index (χ0v) is 15.3. The van der Waals surface area contributed by atoms with Gasteiger partial charge in [-0.2, -0.15) is 0 Å². The van der Waals surface area contributed by atoms with Crippen LogP contribution in [0.2, 0.25) is 0 Å². The molecular formula is C16H16BrF2NO6. The zero-order valence-electron chi connectivity index (χ0n) is 13.7. The minimum Gasteiger partial charge on any atom is -0.478 e. The van der Waals surface area contributed by atoms with Crippen LogP contribution in [0.1, 0.15) is 27.1 Å². The van der Waals surface area contributed by atoms with Gasteiger partial charge in [-0.05, 0) is 18.6 Å². The molecule has 2 unspecified atom stereocenters. The third kappa shape index (κ3) is 4.55. The SMILES string of the molecule is COC(=O)N1CCOC(CC(Br)C(=O)c2c(F)cc(C(=O)O)cc2F)C1. The molecule has 142 valence electrons. The van der Waals surface area contributed by atoms with Gasteiger partial charge in [-0.25, -0.2) is 18.4 Å². The first-order chi connectivity index (χ1) is 12.2. The number of methoxy groups -OCH3 is 1. The van der Waals surface area contributed by atoms with E-state index in [4.69, 9.17) is 9.84 Å². The maximum atomic E-state index is 14.0. The van der Waals surface area contributed by atoms with Crippen LogP contribution in [-0.4, -0.2) is 65.6 Å². The number of benzene rings is 1. The number of rotatable bonds is 5. The highest BCUT2D eigenvalue weighted by molar-refractivity contribution is 9.10. The van der Waals surface area contributed by atoms with Gasteiger partial charge < -0.3 is 19.5 Å². The lowest BCUT2D eigenvalue weighted by molar-refractivity contribution is -0.0270. The van der Waals surface area contributed by atoms with E-state index in [2.05, 4.69) is 20.7 Å². The summed E-state index contributed by atoms with van der Waals surface area (Å²) < 4.78 is 38.2. The van der Waals surface area contributed by atoms with Crippen molar-refractivity contribution in [2.75, 3.05) is 26.8 Å². The third-order valence-electron chi connectivity index (χ3n) is 3.86. The van der Waals surface area contributed by atoms with Gasteiger partial charge in [0.1, 0.15) is 11.6 Å². The molecule has 1 aromatic carbocycles. The van der Waals surface area contributed by atoms with E-state index in [1.165, 1.54) is 12.0 Å². The Morgan fingerprint density at radius 3 is 2.54 bits per heavy atom. The minimum absolute atomic E-state index is 0.0614. The van der Waals surface area contributed by atoms with Crippen LogP contribution in [0.3, 0.4) is 0 Å². The summed E-state index contributed by atoms with van der Waals surface area (Å²) in [5.41, 5.74) is -1.41. The Kier molecular flexibility index (Phi) is 6.65. The van der Waals surface area contributed by atoms with Crippen LogP contribution in [0, 0.1) is 11.6 Å². The Hall–Kier alpha value is -2.07. The van der Waals surface area contributed by atoms with Gasteiger partial charge in [0, 0.05) is 6.54 Å². The van der Waals surface area contributed by atoms with Crippen LogP contribution in [0.5, 0.6) is 0 Å². The number of halogens is 3. The fourth-order valence-corrected chi connectivity index (χ4v) is 3.23. The fourth-order valence-electron chi connectivity index (χ4n) is 2.58. The highest BCUT2D eigenvalue weighted by Crippen LogP contribution is 2.24. The molecule has 1 aromatic rings. The van der Waals surface area contributed by atoms with E-state index in [0.717, 1.165) is 0 Å². The van der Waals surface area contributed by atoms with Gasteiger partial charge in [0.2, 0.25) is 0 Å². The lowest BCUT2D eigenvalue weighted by Crippen LogP contribution is -2.46. The quantitative estimate of drug-likeness (QED) is 0.563. The number of alkyl halides is 1. The average Bonchev–Trinajstić information content (AvgIpc) is 2.60. The van der Waals surface area contributed by atoms with Crippen LogP contribution in [0.4, 0.5) is 13.6 Å². The summed E-state index contributed by atoms with van der Waals surface area (Å²) in [4.78, 5) is 35.2. The summed E-state index contributed by atoms with van der Waals surface area (Å²) in [5.74, 6) is -4.89. The highest BCUT2D eigenvalue weighted by Gasteiger charge is 2.31. The van der Waals surface area contributed by atoms with Crippen molar-refractivity contribution in [3.63, 3.8) is 0 Å². The Balaban J connectivity index is 2.10. The molecule has 0 aromatic heterocycles. The van der Waals surface area contributed by atoms with Gasteiger partial charge >= 0.3 is 12.1 Å². The van der Waals surface area contributed by atoms with Crippen LogP contribution in [0.15, 0.2) is 12.1 Å². The molecule has 1 N–H and O–H groups in total. The summed E-state index contributed by atoms with van der Waals surface area (Å²) in [5, 5.41) is 8.79. The largest absolute Gasteiger partial charge is 0.478 e. The normalized spacial score (nSPS) is 18.3. The lowest BCUT2D eigenvalue weighted by Gasteiger charge is -2.32. The molecule has 0 saturated carbocycles. The van der Waals surface area contributed by atoms with Crippen LogP contribution in [-0.2, 0) is 9.47 Å². The molecular weight excluding hydrogens is 420 g/mol. The highest BCUT2D eigenvalue weighted by atomic mass is 79.9. The predicted molar refractivity (Wildman–Crippen MR) is 88.7 cm³/mol. The number of nitrogens with zero attached hydrogens (tertiary/aromatic N) is 1. The molecule has 2 atom stereocenters. The maximum Gasteiger partial charge on any atom is 0.409 e. The smallest absolute Gasteiger partial charge is 0.409 e. The molecule has 26 heavy (non-hydrogen) atoms. The Labute approximate surface area is 156 Å². The number of Topliss-reactive ketones (excluding diaryl/α,β-unsaturated/α-hetero) is 1. The number of ketones is 1. The van der Waals surface area contributed by atoms with Gasteiger partial charge in [-0.3, -0.25) is 4.79 Å². The monoisotopic (exact) mass is 435 g/mol. The molecule has 1 fully saturated rings. The van der Waals surface area contributed by atoms with Gasteiger partial charge in [-0.15, -0.1) is 0 Å². The lowest BCUT2D eigenvalue weighted by atomic mass is 10.0. The van der Waals surface area contributed by atoms with E-state index in [-0.39, 0.29) is 19.6 Å². The fraction of sp³-hybridized carbons (Fsp3) is 0.438. The summed E-state index contributed by atoms with van der Waals surface area (Å²) in [6.07, 6.45) is -0.996. The molecule has 0 spiro atoms. The molecule has 2 rings (SSSR count). The molecule has 1 aliphatic rings. The zero-order chi connectivity index (χ0) is 19.4. The van der Waals surface area contributed by atoms with Crippen LogP contribution >= 0.6 is 15.9 Å². The number of hydrogen-bond donors (Lipinski definition) is 1. The number of hydrogen-bond acceptors (Lipinski definition) is 5. The molecule has 0 radical (unpaired) electrons. The number of carbonyl (C=O) groups excluding carboxylic acids is 2. The maximum absolute atomic E-state index is 14.0. The van der Waals surface area contributed by atoms with E-state index >= 15 is 0 Å². The predicted octanol–water partition coefficient (Wildman–Crippen LogP) is 2.47. The first-order valence-electron chi connectivity index (χ1n) is 7.59. The second-order valence-electron chi connectivity index (χ2n) is 5.60. The van der Waals surface area contributed by atoms with E-state index in [1.54, 1.807) is 0 Å². The summed E-state index contributed by atoms with van der Waals surface area (Å²) >= 11 is 3.09. The van der Waals surface area contributed by atoms with Gasteiger partial charge in [0.15, 0.2) is 5.78 Å². The van der Waals surface area contributed by atoms with Crippen molar-refractivity contribution in [1.82, 2.24) is 4.90 Å². The van der Waals surface area contributed by atoms with Crippen molar-refractivity contribution in [1.29, 1.82) is 0 Å². The van der Waals surface area contributed by atoms with E-state index in [0.29, 0.717) is 18.7 Å². The molecule has 1 amide bonds. The van der Waals surface area contributed by atoms with Gasteiger partial charge in [-0.1, -0.05) is 15.9 Å². The topological polar surface area (TPSA) is 93.1 Å². The third-order valence-corrected chi connectivity index (χ3v) is 4.65. The second-order valence-corrected chi connectivity index (χ2v) is 6.70. The minimum atomic E-state index is -1.50. The van der Waals surface area contributed by atoms with Gasteiger partial charge in [0.25, 0.3) is 0 Å². The first kappa shape index (κ1) is 20.2. The van der Waals surface area contributed by atoms with Crippen LogP contribution in [0.25, 0.3) is 0 Å². The van der Waals surface area contributed by atoms with Crippen molar-refractivity contribution in [2.24, 2.45) is 0 Å². The number of carboxylic acid groups (broad SMARTS) is 1. The summed E-state index contributed by atoms with van der Waals surface area (Å²) in [6, 6.07) is 1.18. The molecule has 0 aliphatic carbocycles. The number of carboxylic acids is 1. The summed E-state index contributed by atoms with van der Waals surface area (Å²) in [7, 11) is 1.25. The average molecular weight is 436 g/mol. The van der Waals surface area contributed by atoms with E-state index in [9.17, 15) is 23.2 Å². The molecule has 7 nitrogen and oxygen atoms in total. The number of amides is 1. The number of aromatic carboxylic acids is 1. The molecule has 10 heteroatoms. The Morgan fingerprint density at radius 1 is 1.38 bits per heavy atom. The van der Waals surface area contributed by atoms with Crippen molar-refractivity contribution in [3.8, 4) is 0 Å².